The number of piperidine rings is 1. The van der Waals surface area contributed by atoms with Crippen molar-refractivity contribution in [2.75, 3.05) is 20.1 Å². The van der Waals surface area contributed by atoms with Gasteiger partial charge in [-0.25, -0.2) is 0 Å². The van der Waals surface area contributed by atoms with Crippen molar-refractivity contribution < 1.29 is 8.42 Å². The smallest absolute Gasteiger partial charge is 0.198 e. The van der Waals surface area contributed by atoms with Gasteiger partial charge < -0.3 is 0 Å². The van der Waals surface area contributed by atoms with Crippen molar-refractivity contribution in [3.63, 3.8) is 0 Å². The Kier molecular flexibility index (Phi) is 4.92. The summed E-state index contributed by atoms with van der Waals surface area (Å²) in [4.78, 5) is 0. The quantitative estimate of drug-likeness (QED) is 0.762. The summed E-state index contributed by atoms with van der Waals surface area (Å²) in [5.74, 6) is -0.283. The minimum absolute atomic E-state index is 0.0635. The first-order valence-corrected chi connectivity index (χ1v) is 7.42. The van der Waals surface area contributed by atoms with Crippen LogP contribution >= 0.6 is 0 Å². The molecule has 1 aliphatic rings. The lowest BCUT2D eigenvalue weighted by molar-refractivity contribution is 0.248. The van der Waals surface area contributed by atoms with E-state index in [1.54, 1.807) is 18.3 Å². The van der Waals surface area contributed by atoms with E-state index in [4.69, 9.17) is 5.26 Å². The van der Waals surface area contributed by atoms with Gasteiger partial charge in [-0.3, -0.25) is 0 Å². The molecule has 0 aliphatic carbocycles. The fraction of sp³-hybridized carbons (Fsp3) is 0.909. The molecule has 0 radical (unpaired) electrons. The maximum absolute atomic E-state index is 12.3. The zero-order valence-electron chi connectivity index (χ0n) is 10.8. The summed E-state index contributed by atoms with van der Waals surface area (Å²) in [6.45, 7) is 4.51. The lowest BCUT2D eigenvalue weighted by Gasteiger charge is -2.35. The van der Waals surface area contributed by atoms with Gasteiger partial charge in [0.15, 0.2) is 0 Å². The fourth-order valence-electron chi connectivity index (χ4n) is 2.11. The molecule has 0 aromatic carbocycles. The highest BCUT2D eigenvalue weighted by Crippen LogP contribution is 2.21. The minimum Gasteiger partial charge on any atom is -0.198 e. The molecule has 1 rings (SSSR count). The molecule has 1 aliphatic heterocycles. The zero-order valence-corrected chi connectivity index (χ0v) is 11.6. The molecule has 98 valence electrons. The van der Waals surface area contributed by atoms with E-state index < -0.39 is 10.2 Å². The highest BCUT2D eigenvalue weighted by molar-refractivity contribution is 7.86. The Bertz CT molecular complexity index is 388. The Labute approximate surface area is 104 Å². The van der Waals surface area contributed by atoms with Gasteiger partial charge in [0.05, 0.1) is 12.0 Å². The Morgan fingerprint density at radius 1 is 1.53 bits per heavy atom. The molecule has 6 heteroatoms. The van der Waals surface area contributed by atoms with E-state index in [-0.39, 0.29) is 18.5 Å². The number of rotatable bonds is 4. The summed E-state index contributed by atoms with van der Waals surface area (Å²) in [6, 6.07) is 2.12. The molecule has 2 unspecified atom stereocenters. The molecular formula is C11H21N3O2S. The van der Waals surface area contributed by atoms with Crippen molar-refractivity contribution in [2.45, 2.75) is 39.2 Å². The van der Waals surface area contributed by atoms with E-state index >= 15 is 0 Å². The van der Waals surface area contributed by atoms with Crippen molar-refractivity contribution in [3.8, 4) is 6.07 Å². The SMILES string of the molecule is CC(C#N)CN(C)S(=O)(=O)N1CCCCC1C. The van der Waals surface area contributed by atoms with E-state index in [1.807, 2.05) is 6.92 Å². The zero-order chi connectivity index (χ0) is 13.1. The van der Waals surface area contributed by atoms with Gasteiger partial charge in [-0.1, -0.05) is 6.42 Å². The minimum atomic E-state index is -3.40. The van der Waals surface area contributed by atoms with E-state index in [0.29, 0.717) is 6.54 Å². The van der Waals surface area contributed by atoms with Gasteiger partial charge in [0.1, 0.15) is 0 Å². The molecule has 2 atom stereocenters. The maximum Gasteiger partial charge on any atom is 0.282 e. The molecule has 5 nitrogen and oxygen atoms in total. The Balaban J connectivity index is 2.76. The van der Waals surface area contributed by atoms with Gasteiger partial charge >= 0.3 is 0 Å². The Hall–Kier alpha value is -0.640. The van der Waals surface area contributed by atoms with Gasteiger partial charge in [0, 0.05) is 26.2 Å². The summed E-state index contributed by atoms with van der Waals surface area (Å²) in [5.41, 5.74) is 0. The fourth-order valence-corrected chi connectivity index (χ4v) is 3.80. The molecule has 0 aromatic heterocycles. The van der Waals surface area contributed by atoms with E-state index in [9.17, 15) is 8.42 Å². The van der Waals surface area contributed by atoms with Gasteiger partial charge in [-0.15, -0.1) is 0 Å². The van der Waals surface area contributed by atoms with Crippen molar-refractivity contribution >= 4 is 10.2 Å². The highest BCUT2D eigenvalue weighted by Gasteiger charge is 2.33. The predicted octanol–water partition coefficient (Wildman–Crippen LogP) is 1.20. The molecule has 1 saturated heterocycles. The van der Waals surface area contributed by atoms with Crippen LogP contribution in [0.2, 0.25) is 0 Å². The largest absolute Gasteiger partial charge is 0.282 e. The van der Waals surface area contributed by atoms with E-state index in [0.717, 1.165) is 19.3 Å². The van der Waals surface area contributed by atoms with Crippen LogP contribution in [0.15, 0.2) is 0 Å². The van der Waals surface area contributed by atoms with Crippen LogP contribution in [0.5, 0.6) is 0 Å². The first kappa shape index (κ1) is 14.4. The number of hydrogen-bond donors (Lipinski definition) is 0. The van der Waals surface area contributed by atoms with Gasteiger partial charge in [0.2, 0.25) is 0 Å². The Morgan fingerprint density at radius 2 is 2.18 bits per heavy atom. The lowest BCUT2D eigenvalue weighted by Crippen LogP contribution is -2.49. The third-order valence-corrected chi connectivity index (χ3v) is 5.26. The normalized spacial score (nSPS) is 24.5. The van der Waals surface area contributed by atoms with Crippen LogP contribution in [0.25, 0.3) is 0 Å². The standard InChI is InChI=1S/C11H21N3O2S/c1-10(8-12)9-13(3)17(15,16)14-7-5-4-6-11(14)2/h10-11H,4-7,9H2,1-3H3. The number of nitrogens with zero attached hydrogens (tertiary/aromatic N) is 3. The third-order valence-electron chi connectivity index (χ3n) is 3.18. The number of nitriles is 1. The van der Waals surface area contributed by atoms with Gasteiger partial charge in [-0.05, 0) is 26.7 Å². The lowest BCUT2D eigenvalue weighted by atomic mass is 10.1. The average molecular weight is 259 g/mol. The second-order valence-electron chi connectivity index (χ2n) is 4.77. The van der Waals surface area contributed by atoms with Crippen LogP contribution in [0.3, 0.4) is 0 Å². The van der Waals surface area contributed by atoms with Crippen LogP contribution in [-0.2, 0) is 10.2 Å². The van der Waals surface area contributed by atoms with Crippen LogP contribution < -0.4 is 0 Å². The summed E-state index contributed by atoms with van der Waals surface area (Å²) in [5, 5.41) is 8.73. The average Bonchev–Trinajstić information content (AvgIpc) is 2.29. The maximum atomic E-state index is 12.3. The monoisotopic (exact) mass is 259 g/mol. The topological polar surface area (TPSA) is 64.4 Å². The predicted molar refractivity (Wildman–Crippen MR) is 66.3 cm³/mol. The summed E-state index contributed by atoms with van der Waals surface area (Å²) in [7, 11) is -1.85. The van der Waals surface area contributed by atoms with Crippen LogP contribution in [0, 0.1) is 17.2 Å². The molecule has 0 aromatic rings. The van der Waals surface area contributed by atoms with E-state index in [2.05, 4.69) is 6.07 Å². The van der Waals surface area contributed by atoms with Crippen LogP contribution in [0.1, 0.15) is 33.1 Å². The van der Waals surface area contributed by atoms with Crippen molar-refractivity contribution in [2.24, 2.45) is 5.92 Å². The summed E-state index contributed by atoms with van der Waals surface area (Å²) in [6.07, 6.45) is 2.93. The molecule has 0 spiro atoms. The van der Waals surface area contributed by atoms with Crippen molar-refractivity contribution in [1.82, 2.24) is 8.61 Å². The second-order valence-corrected chi connectivity index (χ2v) is 6.76. The van der Waals surface area contributed by atoms with Gasteiger partial charge in [-0.2, -0.15) is 22.3 Å². The van der Waals surface area contributed by atoms with Crippen molar-refractivity contribution in [1.29, 1.82) is 5.26 Å². The molecular weight excluding hydrogens is 238 g/mol. The van der Waals surface area contributed by atoms with Crippen molar-refractivity contribution in [3.05, 3.63) is 0 Å². The highest BCUT2D eigenvalue weighted by atomic mass is 32.2. The molecule has 0 amide bonds. The first-order chi connectivity index (χ1) is 7.89. The van der Waals surface area contributed by atoms with E-state index in [1.165, 1.54) is 4.31 Å². The second kappa shape index (κ2) is 5.80. The Morgan fingerprint density at radius 3 is 2.71 bits per heavy atom. The third kappa shape index (κ3) is 3.41. The molecule has 0 bridgehead atoms. The van der Waals surface area contributed by atoms with Crippen LogP contribution in [-0.4, -0.2) is 43.2 Å². The molecule has 1 heterocycles. The molecule has 0 saturated carbocycles. The first-order valence-electron chi connectivity index (χ1n) is 6.02. The van der Waals surface area contributed by atoms with Gasteiger partial charge in [0.25, 0.3) is 10.2 Å². The summed E-state index contributed by atoms with van der Waals surface area (Å²) >= 11 is 0. The molecule has 0 N–H and O–H groups in total. The van der Waals surface area contributed by atoms with Crippen LogP contribution in [0.4, 0.5) is 0 Å². The summed E-state index contributed by atoms with van der Waals surface area (Å²) < 4.78 is 27.4. The number of hydrogen-bond acceptors (Lipinski definition) is 3. The molecule has 1 fully saturated rings. The molecule has 17 heavy (non-hydrogen) atoms.